The highest BCUT2D eigenvalue weighted by molar-refractivity contribution is 6.12. The third-order valence-electron chi connectivity index (χ3n) is 2.64. The van der Waals surface area contributed by atoms with Crippen LogP contribution in [-0.2, 0) is 33.3 Å². The summed E-state index contributed by atoms with van der Waals surface area (Å²) in [5, 5.41) is 0. The minimum atomic E-state index is -0.329. The van der Waals surface area contributed by atoms with Gasteiger partial charge in [0.25, 0.3) is 11.8 Å². The van der Waals surface area contributed by atoms with E-state index in [9.17, 15) is 14.4 Å². The van der Waals surface area contributed by atoms with Crippen LogP contribution >= 0.6 is 0 Å². The summed E-state index contributed by atoms with van der Waals surface area (Å²) in [5.74, 6) is -0.948. The summed E-state index contributed by atoms with van der Waals surface area (Å²) >= 11 is 0. The molecule has 0 aromatic carbocycles. The number of carbonyl (C=O) groups excluding carboxylic acids is 3. The van der Waals surface area contributed by atoms with E-state index >= 15 is 0 Å². The number of ether oxygens (including phenoxy) is 4. The second-order valence-electron chi connectivity index (χ2n) is 4.34. The number of rotatable bonds is 12. The number of hydrogen-bond acceptors (Lipinski definition) is 7. The van der Waals surface area contributed by atoms with Crippen molar-refractivity contribution in [3.8, 4) is 0 Å². The molecule has 0 unspecified atom stereocenters. The van der Waals surface area contributed by atoms with E-state index in [0.29, 0.717) is 33.0 Å². The number of esters is 1. The van der Waals surface area contributed by atoms with Gasteiger partial charge >= 0.3 is 5.97 Å². The third-order valence-corrected chi connectivity index (χ3v) is 2.64. The molecule has 1 rings (SSSR count). The first kappa shape index (κ1) is 18.3. The second kappa shape index (κ2) is 10.9. The average Bonchev–Trinajstić information content (AvgIpc) is 2.79. The second-order valence-corrected chi connectivity index (χ2v) is 4.34. The molecule has 0 aliphatic carbocycles. The molecule has 0 aromatic heterocycles. The molecule has 0 N–H and O–H groups in total. The van der Waals surface area contributed by atoms with Crippen molar-refractivity contribution >= 4 is 17.8 Å². The minimum absolute atomic E-state index is 0.237. The Labute approximate surface area is 128 Å². The van der Waals surface area contributed by atoms with Gasteiger partial charge in [0.15, 0.2) is 0 Å². The van der Waals surface area contributed by atoms with Crippen LogP contribution in [0.15, 0.2) is 12.2 Å². The van der Waals surface area contributed by atoms with Crippen molar-refractivity contribution in [1.29, 1.82) is 0 Å². The number of carbonyl (C=O) groups is 3. The zero-order chi connectivity index (χ0) is 16.2. The molecule has 1 heterocycles. The lowest BCUT2D eigenvalue weighted by atomic mass is 10.5. The fraction of sp³-hybridized carbons (Fsp3) is 0.643. The maximum absolute atomic E-state index is 11.2. The lowest BCUT2D eigenvalue weighted by Crippen LogP contribution is -2.33. The van der Waals surface area contributed by atoms with Gasteiger partial charge in [-0.15, -0.1) is 0 Å². The fourth-order valence-corrected chi connectivity index (χ4v) is 1.59. The summed E-state index contributed by atoms with van der Waals surface area (Å²) in [7, 11) is 0. The molecule has 0 bridgehead atoms. The molecule has 0 fully saturated rings. The molecule has 1 aliphatic heterocycles. The molecular formula is C14H21NO7. The van der Waals surface area contributed by atoms with E-state index in [-0.39, 0.29) is 37.5 Å². The highest BCUT2D eigenvalue weighted by atomic mass is 16.6. The van der Waals surface area contributed by atoms with Crippen LogP contribution in [-0.4, -0.2) is 75.5 Å². The largest absolute Gasteiger partial charge is 0.463 e. The summed E-state index contributed by atoms with van der Waals surface area (Å²) in [6, 6.07) is 0. The van der Waals surface area contributed by atoms with E-state index in [4.69, 9.17) is 18.9 Å². The lowest BCUT2D eigenvalue weighted by molar-refractivity contribution is -0.142. The van der Waals surface area contributed by atoms with Crippen LogP contribution in [0, 0.1) is 0 Å². The van der Waals surface area contributed by atoms with Crippen LogP contribution in [0.25, 0.3) is 0 Å². The van der Waals surface area contributed by atoms with E-state index < -0.39 is 0 Å². The van der Waals surface area contributed by atoms with Gasteiger partial charge < -0.3 is 18.9 Å². The standard InChI is InChI=1S/C14H21NO7/c1-12(16)22-11-10-21-9-8-20-7-6-19-5-4-15-13(17)2-3-14(15)18/h2-3H,4-11H2,1H3. The first-order valence-corrected chi connectivity index (χ1v) is 7.01. The number of imide groups is 1. The predicted octanol–water partition coefficient (Wildman–Crippen LogP) is -0.476. The summed E-state index contributed by atoms with van der Waals surface area (Å²) in [6.07, 6.45) is 2.49. The van der Waals surface area contributed by atoms with Crippen LogP contribution in [0.1, 0.15) is 6.92 Å². The van der Waals surface area contributed by atoms with Gasteiger partial charge in [-0.2, -0.15) is 0 Å². The Bertz CT molecular complexity index is 390. The molecule has 2 amide bonds. The molecule has 124 valence electrons. The Hall–Kier alpha value is -1.77. The van der Waals surface area contributed by atoms with Crippen LogP contribution in [0.4, 0.5) is 0 Å². The van der Waals surface area contributed by atoms with Gasteiger partial charge in [-0.3, -0.25) is 19.3 Å². The Kier molecular flexibility index (Phi) is 9.04. The molecule has 1 aliphatic rings. The summed E-state index contributed by atoms with van der Waals surface area (Å²) in [4.78, 5) is 34.1. The Morgan fingerprint density at radius 1 is 0.864 bits per heavy atom. The van der Waals surface area contributed by atoms with E-state index in [1.54, 1.807) is 0 Å². The zero-order valence-electron chi connectivity index (χ0n) is 12.6. The summed E-state index contributed by atoms with van der Waals surface area (Å²) in [6.45, 7) is 4.03. The number of nitrogens with zero attached hydrogens (tertiary/aromatic N) is 1. The molecule has 0 saturated carbocycles. The number of amides is 2. The molecular weight excluding hydrogens is 294 g/mol. The molecule has 0 atom stereocenters. The third kappa shape index (κ3) is 7.87. The maximum Gasteiger partial charge on any atom is 0.302 e. The average molecular weight is 315 g/mol. The van der Waals surface area contributed by atoms with Crippen molar-refractivity contribution in [3.05, 3.63) is 12.2 Å². The van der Waals surface area contributed by atoms with Gasteiger partial charge in [0.05, 0.1) is 46.2 Å². The Balaban J connectivity index is 1.81. The molecule has 0 radical (unpaired) electrons. The molecule has 0 spiro atoms. The lowest BCUT2D eigenvalue weighted by Gasteiger charge is -2.13. The van der Waals surface area contributed by atoms with Gasteiger partial charge in [0, 0.05) is 19.1 Å². The highest BCUT2D eigenvalue weighted by Crippen LogP contribution is 2.02. The van der Waals surface area contributed by atoms with E-state index in [2.05, 4.69) is 0 Å². The van der Waals surface area contributed by atoms with Gasteiger partial charge in [-0.25, -0.2) is 0 Å². The minimum Gasteiger partial charge on any atom is -0.463 e. The van der Waals surface area contributed by atoms with Crippen molar-refractivity contribution in [3.63, 3.8) is 0 Å². The van der Waals surface area contributed by atoms with E-state index in [1.165, 1.54) is 19.1 Å². The molecule has 0 saturated heterocycles. The van der Waals surface area contributed by atoms with Crippen LogP contribution in [0.5, 0.6) is 0 Å². The van der Waals surface area contributed by atoms with Crippen LogP contribution in [0.2, 0.25) is 0 Å². The van der Waals surface area contributed by atoms with Crippen molar-refractivity contribution in [2.24, 2.45) is 0 Å². The van der Waals surface area contributed by atoms with Crippen molar-refractivity contribution in [1.82, 2.24) is 4.90 Å². The zero-order valence-corrected chi connectivity index (χ0v) is 12.6. The monoisotopic (exact) mass is 315 g/mol. The van der Waals surface area contributed by atoms with Crippen molar-refractivity contribution in [2.45, 2.75) is 6.92 Å². The summed E-state index contributed by atoms with van der Waals surface area (Å²) < 4.78 is 20.4. The normalized spacial score (nSPS) is 14.0. The molecule has 0 aromatic rings. The maximum atomic E-state index is 11.2. The van der Waals surface area contributed by atoms with Gasteiger partial charge in [0.1, 0.15) is 6.61 Å². The molecule has 8 heteroatoms. The van der Waals surface area contributed by atoms with Crippen LogP contribution < -0.4 is 0 Å². The Morgan fingerprint density at radius 3 is 1.82 bits per heavy atom. The van der Waals surface area contributed by atoms with Gasteiger partial charge in [0.2, 0.25) is 0 Å². The smallest absolute Gasteiger partial charge is 0.302 e. The molecule has 22 heavy (non-hydrogen) atoms. The van der Waals surface area contributed by atoms with Gasteiger partial charge in [-0.1, -0.05) is 0 Å². The van der Waals surface area contributed by atoms with Crippen molar-refractivity contribution < 1.29 is 33.3 Å². The van der Waals surface area contributed by atoms with Gasteiger partial charge in [-0.05, 0) is 0 Å². The van der Waals surface area contributed by atoms with Crippen LogP contribution in [0.3, 0.4) is 0 Å². The quantitative estimate of drug-likeness (QED) is 0.273. The fourth-order valence-electron chi connectivity index (χ4n) is 1.59. The predicted molar refractivity (Wildman–Crippen MR) is 75.0 cm³/mol. The molecule has 8 nitrogen and oxygen atoms in total. The van der Waals surface area contributed by atoms with E-state index in [0.717, 1.165) is 4.90 Å². The Morgan fingerprint density at radius 2 is 1.32 bits per heavy atom. The van der Waals surface area contributed by atoms with E-state index in [1.807, 2.05) is 0 Å². The SMILES string of the molecule is CC(=O)OCCOCCOCCOCCN1C(=O)C=CC1=O. The first-order valence-electron chi connectivity index (χ1n) is 7.01. The highest BCUT2D eigenvalue weighted by Gasteiger charge is 2.22. The topological polar surface area (TPSA) is 91.4 Å². The number of hydrogen-bond donors (Lipinski definition) is 0. The summed E-state index contributed by atoms with van der Waals surface area (Å²) in [5.41, 5.74) is 0. The van der Waals surface area contributed by atoms with Crippen molar-refractivity contribution in [2.75, 3.05) is 52.8 Å². The first-order chi connectivity index (χ1) is 10.6.